The van der Waals surface area contributed by atoms with E-state index in [1.165, 1.54) is 28.6 Å². The van der Waals surface area contributed by atoms with E-state index in [9.17, 15) is 27.7 Å². The molecule has 1 atom stereocenters. The number of nitrogens with one attached hydrogen (secondary N) is 1. The molecular weight excluding hydrogens is 463 g/mol. The second-order valence-corrected chi connectivity index (χ2v) is 10.6. The smallest absolute Gasteiger partial charge is 0.270 e. The topological polar surface area (TPSA) is 113 Å². The summed E-state index contributed by atoms with van der Waals surface area (Å²) in [5, 5.41) is 14.1. The van der Waals surface area contributed by atoms with Gasteiger partial charge in [0.05, 0.1) is 22.4 Å². The van der Waals surface area contributed by atoms with Crippen LogP contribution in [0.3, 0.4) is 0 Å². The van der Waals surface area contributed by atoms with Crippen LogP contribution in [0.15, 0.2) is 47.4 Å². The molecule has 9 nitrogen and oxygen atoms in total. The van der Waals surface area contributed by atoms with Crippen LogP contribution < -0.4 is 5.32 Å². The lowest BCUT2D eigenvalue weighted by atomic mass is 9.96. The van der Waals surface area contributed by atoms with E-state index in [0.717, 1.165) is 11.6 Å². The second kappa shape index (κ2) is 10.6. The molecule has 0 bridgehead atoms. The predicted molar refractivity (Wildman–Crippen MR) is 125 cm³/mol. The number of nitro groups is 1. The van der Waals surface area contributed by atoms with Gasteiger partial charge in [-0.1, -0.05) is 32.0 Å². The van der Waals surface area contributed by atoms with E-state index in [4.69, 9.17) is 0 Å². The number of carbonyl (C=O) groups is 1. The Morgan fingerprint density at radius 2 is 1.74 bits per heavy atom. The molecule has 1 unspecified atom stereocenters. The van der Waals surface area contributed by atoms with Crippen LogP contribution in [0.5, 0.6) is 0 Å². The maximum absolute atomic E-state index is 13.3. The minimum atomic E-state index is -3.90. The summed E-state index contributed by atoms with van der Waals surface area (Å²) in [6, 6.07) is 9.55. The Bertz CT molecular complexity index is 1150. The zero-order valence-electron chi connectivity index (χ0n) is 19.4. The first-order valence-corrected chi connectivity index (χ1v) is 12.5. The van der Waals surface area contributed by atoms with Crippen LogP contribution in [0.4, 0.5) is 10.1 Å². The van der Waals surface area contributed by atoms with Gasteiger partial charge in [-0.25, -0.2) is 12.8 Å². The fourth-order valence-corrected chi connectivity index (χ4v) is 5.64. The number of nitro benzene ring substituents is 1. The molecule has 3 rings (SSSR count). The Balaban J connectivity index is 1.61. The van der Waals surface area contributed by atoms with Crippen molar-refractivity contribution >= 4 is 21.6 Å². The van der Waals surface area contributed by atoms with Crippen LogP contribution in [0.1, 0.15) is 31.0 Å². The zero-order chi connectivity index (χ0) is 25.0. The van der Waals surface area contributed by atoms with Gasteiger partial charge in [0.15, 0.2) is 0 Å². The number of sulfonamides is 1. The van der Waals surface area contributed by atoms with Crippen molar-refractivity contribution in [2.75, 3.05) is 32.7 Å². The summed E-state index contributed by atoms with van der Waals surface area (Å²) in [5.41, 5.74) is 0.973. The molecule has 184 valence electrons. The Morgan fingerprint density at radius 1 is 1.12 bits per heavy atom. The molecule has 0 aromatic heterocycles. The molecule has 1 saturated heterocycles. The average molecular weight is 493 g/mol. The Kier molecular flexibility index (Phi) is 8.01. The van der Waals surface area contributed by atoms with Crippen molar-refractivity contribution in [2.24, 2.45) is 5.92 Å². The molecule has 0 spiro atoms. The van der Waals surface area contributed by atoms with Crippen molar-refractivity contribution < 1.29 is 22.5 Å². The van der Waals surface area contributed by atoms with Gasteiger partial charge in [0, 0.05) is 38.3 Å². The molecule has 2 aromatic carbocycles. The van der Waals surface area contributed by atoms with E-state index >= 15 is 0 Å². The number of halogens is 1. The van der Waals surface area contributed by atoms with E-state index in [1.54, 1.807) is 19.1 Å². The molecule has 1 heterocycles. The number of benzene rings is 2. The van der Waals surface area contributed by atoms with Crippen molar-refractivity contribution in [2.45, 2.75) is 31.7 Å². The highest BCUT2D eigenvalue weighted by Gasteiger charge is 2.31. The number of amides is 1. The minimum absolute atomic E-state index is 0.0769. The number of piperazine rings is 1. The average Bonchev–Trinajstić information content (AvgIpc) is 2.78. The molecule has 34 heavy (non-hydrogen) atoms. The summed E-state index contributed by atoms with van der Waals surface area (Å²) in [6.45, 7) is 6.68. The Morgan fingerprint density at radius 3 is 2.29 bits per heavy atom. The number of rotatable bonds is 8. The number of aryl methyl sites for hydroxylation is 1. The lowest BCUT2D eigenvalue weighted by Gasteiger charge is -2.34. The van der Waals surface area contributed by atoms with Crippen LogP contribution in [-0.4, -0.2) is 61.2 Å². The fraction of sp³-hybridized carbons (Fsp3) is 0.435. The van der Waals surface area contributed by atoms with E-state index in [0.29, 0.717) is 18.7 Å². The van der Waals surface area contributed by atoms with Crippen molar-refractivity contribution in [3.63, 3.8) is 0 Å². The highest BCUT2D eigenvalue weighted by molar-refractivity contribution is 7.89. The summed E-state index contributed by atoms with van der Waals surface area (Å²) in [4.78, 5) is 24.9. The Labute approximate surface area is 198 Å². The normalized spacial score (nSPS) is 16.4. The predicted octanol–water partition coefficient (Wildman–Crippen LogP) is 2.86. The number of non-ortho nitro benzene ring substituents is 1. The summed E-state index contributed by atoms with van der Waals surface area (Å²) in [5.74, 6) is -0.450. The zero-order valence-corrected chi connectivity index (χ0v) is 20.2. The molecule has 0 saturated carbocycles. The van der Waals surface area contributed by atoms with Gasteiger partial charge >= 0.3 is 0 Å². The van der Waals surface area contributed by atoms with Crippen molar-refractivity contribution in [3.8, 4) is 0 Å². The minimum Gasteiger partial charge on any atom is -0.348 e. The summed E-state index contributed by atoms with van der Waals surface area (Å²) in [7, 11) is -3.90. The van der Waals surface area contributed by atoms with Gasteiger partial charge in [0.25, 0.3) is 5.69 Å². The SMILES string of the molecule is Cc1ccc([N+](=O)[O-])cc1S(=O)(=O)N1CCN(CC(=O)NC(c2ccc(F)cc2)C(C)C)CC1. The molecule has 1 N–H and O–H groups in total. The summed E-state index contributed by atoms with van der Waals surface area (Å²) in [6.07, 6.45) is 0. The van der Waals surface area contributed by atoms with Crippen LogP contribution in [0, 0.1) is 28.8 Å². The number of nitrogens with zero attached hydrogens (tertiary/aromatic N) is 3. The second-order valence-electron chi connectivity index (χ2n) is 8.73. The summed E-state index contributed by atoms with van der Waals surface area (Å²) < 4.78 is 40.7. The number of hydrogen-bond acceptors (Lipinski definition) is 6. The van der Waals surface area contributed by atoms with Gasteiger partial charge in [-0.3, -0.25) is 19.8 Å². The maximum Gasteiger partial charge on any atom is 0.270 e. The van der Waals surface area contributed by atoms with Gasteiger partial charge in [-0.15, -0.1) is 0 Å². The first kappa shape index (κ1) is 25.7. The van der Waals surface area contributed by atoms with E-state index in [-0.39, 0.29) is 53.9 Å². The quantitative estimate of drug-likeness (QED) is 0.448. The molecule has 0 aliphatic carbocycles. The molecule has 1 amide bonds. The third-order valence-corrected chi connectivity index (χ3v) is 7.95. The number of carbonyl (C=O) groups excluding carboxylic acids is 1. The van der Waals surface area contributed by atoms with Gasteiger partial charge in [0.2, 0.25) is 15.9 Å². The van der Waals surface area contributed by atoms with Crippen LogP contribution in [0.25, 0.3) is 0 Å². The largest absolute Gasteiger partial charge is 0.348 e. The first-order chi connectivity index (χ1) is 16.0. The summed E-state index contributed by atoms with van der Waals surface area (Å²) >= 11 is 0. The van der Waals surface area contributed by atoms with E-state index in [2.05, 4.69) is 5.32 Å². The molecule has 2 aromatic rings. The number of hydrogen-bond donors (Lipinski definition) is 1. The molecule has 11 heteroatoms. The molecule has 0 radical (unpaired) electrons. The lowest BCUT2D eigenvalue weighted by Crippen LogP contribution is -2.51. The highest BCUT2D eigenvalue weighted by atomic mass is 32.2. The Hall–Kier alpha value is -2.89. The van der Waals surface area contributed by atoms with Crippen molar-refractivity contribution in [1.82, 2.24) is 14.5 Å². The molecule has 1 aliphatic heterocycles. The molecule has 1 fully saturated rings. The standard InChI is InChI=1S/C23H29FN4O5S/c1-16(2)23(18-5-7-19(24)8-6-18)25-22(29)15-26-10-12-27(13-11-26)34(32,33)21-14-20(28(30)31)9-4-17(21)3/h4-9,14,16,23H,10-13,15H2,1-3H3,(H,25,29). The highest BCUT2D eigenvalue weighted by Crippen LogP contribution is 2.26. The van der Waals surface area contributed by atoms with Crippen LogP contribution >= 0.6 is 0 Å². The van der Waals surface area contributed by atoms with Crippen molar-refractivity contribution in [1.29, 1.82) is 0 Å². The van der Waals surface area contributed by atoms with E-state index in [1.807, 2.05) is 18.7 Å². The first-order valence-electron chi connectivity index (χ1n) is 11.0. The third-order valence-electron chi connectivity index (χ3n) is 5.91. The molecule has 1 aliphatic rings. The van der Waals surface area contributed by atoms with Crippen LogP contribution in [-0.2, 0) is 14.8 Å². The lowest BCUT2D eigenvalue weighted by molar-refractivity contribution is -0.385. The van der Waals surface area contributed by atoms with Gasteiger partial charge in [-0.05, 0) is 36.1 Å². The monoisotopic (exact) mass is 492 g/mol. The van der Waals surface area contributed by atoms with Crippen LogP contribution in [0.2, 0.25) is 0 Å². The van der Waals surface area contributed by atoms with Crippen molar-refractivity contribution in [3.05, 3.63) is 69.5 Å². The molecular formula is C23H29FN4O5S. The van der Waals surface area contributed by atoms with Gasteiger partial charge in [0.1, 0.15) is 5.82 Å². The van der Waals surface area contributed by atoms with Gasteiger partial charge < -0.3 is 5.32 Å². The van der Waals surface area contributed by atoms with Gasteiger partial charge in [-0.2, -0.15) is 4.31 Å². The van der Waals surface area contributed by atoms with E-state index < -0.39 is 14.9 Å². The maximum atomic E-state index is 13.3. The third kappa shape index (κ3) is 5.96. The fourth-order valence-electron chi connectivity index (χ4n) is 3.97.